The Balaban J connectivity index is 2.04. The molecule has 0 spiro atoms. The second-order valence-electron chi connectivity index (χ2n) is 5.62. The van der Waals surface area contributed by atoms with Gasteiger partial charge in [-0.05, 0) is 44.4 Å². The zero-order chi connectivity index (χ0) is 16.6. The third-order valence-electron chi connectivity index (χ3n) is 4.19. The Bertz CT molecular complexity index is 925. The van der Waals surface area contributed by atoms with E-state index in [0.717, 1.165) is 26.7 Å². The van der Waals surface area contributed by atoms with Crippen LogP contribution in [-0.2, 0) is 12.3 Å². The summed E-state index contributed by atoms with van der Waals surface area (Å²) in [5, 5.41) is 1.60. The SMILES string of the molecule is CCn1c(SCc2ccccc2C)nc2sc(C)c(C)c2c1=O. The van der Waals surface area contributed by atoms with Crippen molar-refractivity contribution in [3.8, 4) is 0 Å². The van der Waals surface area contributed by atoms with Crippen molar-refractivity contribution < 1.29 is 0 Å². The predicted molar refractivity (Wildman–Crippen MR) is 99.8 cm³/mol. The van der Waals surface area contributed by atoms with Crippen LogP contribution in [0, 0.1) is 20.8 Å². The molecule has 23 heavy (non-hydrogen) atoms. The molecular formula is C18H20N2OS2. The average Bonchev–Trinajstić information content (AvgIpc) is 2.81. The Kier molecular flexibility index (Phi) is 4.60. The molecule has 5 heteroatoms. The molecule has 3 nitrogen and oxygen atoms in total. The molecule has 0 atom stereocenters. The predicted octanol–water partition coefficient (Wildman–Crippen LogP) is 4.70. The molecule has 2 aromatic heterocycles. The first-order valence-electron chi connectivity index (χ1n) is 7.70. The van der Waals surface area contributed by atoms with Crippen LogP contribution < -0.4 is 5.56 Å². The van der Waals surface area contributed by atoms with Crippen LogP contribution in [0.1, 0.15) is 28.5 Å². The van der Waals surface area contributed by atoms with E-state index in [-0.39, 0.29) is 5.56 Å². The fourth-order valence-corrected chi connectivity index (χ4v) is 4.82. The standard InChI is InChI=1S/C18H20N2OS2/c1-5-20-17(21)15-12(3)13(4)23-16(15)19-18(20)22-10-14-9-7-6-8-11(14)2/h6-9H,5,10H2,1-4H3. The fourth-order valence-electron chi connectivity index (χ4n) is 2.61. The highest BCUT2D eigenvalue weighted by Gasteiger charge is 2.16. The molecule has 0 fully saturated rings. The molecule has 2 heterocycles. The number of rotatable bonds is 4. The van der Waals surface area contributed by atoms with E-state index in [1.165, 1.54) is 16.0 Å². The molecule has 120 valence electrons. The van der Waals surface area contributed by atoms with Gasteiger partial charge in [0.2, 0.25) is 0 Å². The fraction of sp³-hybridized carbons (Fsp3) is 0.333. The summed E-state index contributed by atoms with van der Waals surface area (Å²) in [7, 11) is 0. The molecule has 0 saturated heterocycles. The summed E-state index contributed by atoms with van der Waals surface area (Å²) in [6.45, 7) is 8.83. The summed E-state index contributed by atoms with van der Waals surface area (Å²) in [5.74, 6) is 0.827. The number of thioether (sulfide) groups is 1. The van der Waals surface area contributed by atoms with Crippen LogP contribution in [-0.4, -0.2) is 9.55 Å². The summed E-state index contributed by atoms with van der Waals surface area (Å²) in [6.07, 6.45) is 0. The molecule has 0 N–H and O–H groups in total. The minimum atomic E-state index is 0.0895. The van der Waals surface area contributed by atoms with E-state index in [1.54, 1.807) is 27.7 Å². The zero-order valence-electron chi connectivity index (χ0n) is 13.8. The first-order chi connectivity index (χ1) is 11.0. The molecule has 0 bridgehead atoms. The molecular weight excluding hydrogens is 324 g/mol. The number of aromatic nitrogens is 2. The summed E-state index contributed by atoms with van der Waals surface area (Å²) in [5.41, 5.74) is 3.72. The quantitative estimate of drug-likeness (QED) is 0.508. The van der Waals surface area contributed by atoms with E-state index in [4.69, 9.17) is 4.98 Å². The van der Waals surface area contributed by atoms with Gasteiger partial charge in [-0.2, -0.15) is 0 Å². The maximum absolute atomic E-state index is 12.8. The number of thiophene rings is 1. The largest absolute Gasteiger partial charge is 0.287 e. The van der Waals surface area contributed by atoms with Crippen LogP contribution in [0.4, 0.5) is 0 Å². The van der Waals surface area contributed by atoms with Crippen LogP contribution in [0.15, 0.2) is 34.2 Å². The smallest absolute Gasteiger partial charge is 0.263 e. The highest BCUT2D eigenvalue weighted by molar-refractivity contribution is 7.98. The van der Waals surface area contributed by atoms with Gasteiger partial charge < -0.3 is 0 Å². The van der Waals surface area contributed by atoms with Gasteiger partial charge in [0.15, 0.2) is 5.16 Å². The lowest BCUT2D eigenvalue weighted by Gasteiger charge is -2.11. The van der Waals surface area contributed by atoms with Gasteiger partial charge in [-0.1, -0.05) is 36.0 Å². The number of fused-ring (bicyclic) bond motifs is 1. The van der Waals surface area contributed by atoms with Crippen LogP contribution in [0.25, 0.3) is 10.2 Å². The molecule has 0 aliphatic rings. The van der Waals surface area contributed by atoms with E-state index in [9.17, 15) is 4.79 Å². The van der Waals surface area contributed by atoms with Gasteiger partial charge in [-0.25, -0.2) is 4.98 Å². The minimum Gasteiger partial charge on any atom is -0.287 e. The molecule has 3 rings (SSSR count). The van der Waals surface area contributed by atoms with Crippen molar-refractivity contribution in [1.82, 2.24) is 9.55 Å². The van der Waals surface area contributed by atoms with Crippen molar-refractivity contribution in [1.29, 1.82) is 0 Å². The van der Waals surface area contributed by atoms with Crippen molar-refractivity contribution in [3.63, 3.8) is 0 Å². The van der Waals surface area contributed by atoms with Crippen LogP contribution in [0.3, 0.4) is 0 Å². The molecule has 0 aliphatic heterocycles. The topological polar surface area (TPSA) is 34.9 Å². The molecule has 3 aromatic rings. The number of hydrogen-bond acceptors (Lipinski definition) is 4. The van der Waals surface area contributed by atoms with E-state index in [1.807, 2.05) is 19.9 Å². The van der Waals surface area contributed by atoms with Gasteiger partial charge in [-0.15, -0.1) is 11.3 Å². The van der Waals surface area contributed by atoms with Gasteiger partial charge in [0.05, 0.1) is 5.39 Å². The summed E-state index contributed by atoms with van der Waals surface area (Å²) in [4.78, 5) is 19.6. The Labute approximate surface area is 144 Å². The number of aryl methyl sites for hydroxylation is 3. The van der Waals surface area contributed by atoms with Gasteiger partial charge in [0.1, 0.15) is 4.83 Å². The maximum atomic E-state index is 12.8. The monoisotopic (exact) mass is 344 g/mol. The van der Waals surface area contributed by atoms with Gasteiger partial charge in [-0.3, -0.25) is 9.36 Å². The highest BCUT2D eigenvalue weighted by Crippen LogP contribution is 2.29. The van der Waals surface area contributed by atoms with E-state index < -0.39 is 0 Å². The minimum absolute atomic E-state index is 0.0895. The van der Waals surface area contributed by atoms with Crippen LogP contribution in [0.2, 0.25) is 0 Å². The lowest BCUT2D eigenvalue weighted by atomic mass is 10.1. The molecule has 0 radical (unpaired) electrons. The second-order valence-corrected chi connectivity index (χ2v) is 7.77. The van der Waals surface area contributed by atoms with Crippen molar-refractivity contribution in [3.05, 3.63) is 56.2 Å². The number of hydrogen-bond donors (Lipinski definition) is 0. The van der Waals surface area contributed by atoms with Crippen LogP contribution in [0.5, 0.6) is 0 Å². The van der Waals surface area contributed by atoms with Crippen molar-refractivity contribution in [2.45, 2.75) is 45.1 Å². The highest BCUT2D eigenvalue weighted by atomic mass is 32.2. The molecule has 0 amide bonds. The van der Waals surface area contributed by atoms with Gasteiger partial charge in [0, 0.05) is 17.2 Å². The third kappa shape index (κ3) is 2.95. The molecule has 1 aromatic carbocycles. The van der Waals surface area contributed by atoms with Gasteiger partial charge in [0.25, 0.3) is 5.56 Å². The molecule has 0 aliphatic carbocycles. The Morgan fingerprint density at radius 2 is 1.96 bits per heavy atom. The lowest BCUT2D eigenvalue weighted by Crippen LogP contribution is -2.22. The second kappa shape index (κ2) is 6.49. The summed E-state index contributed by atoms with van der Waals surface area (Å²) < 4.78 is 1.80. The molecule has 0 saturated carbocycles. The molecule has 0 unspecified atom stereocenters. The third-order valence-corrected chi connectivity index (χ3v) is 6.31. The first kappa shape index (κ1) is 16.3. The number of nitrogens with zero attached hydrogens (tertiary/aromatic N) is 2. The summed E-state index contributed by atoms with van der Waals surface area (Å²) >= 11 is 3.25. The Morgan fingerprint density at radius 1 is 1.22 bits per heavy atom. The first-order valence-corrected chi connectivity index (χ1v) is 9.51. The lowest BCUT2D eigenvalue weighted by molar-refractivity contribution is 0.635. The van der Waals surface area contributed by atoms with Crippen molar-refractivity contribution in [2.24, 2.45) is 0 Å². The zero-order valence-corrected chi connectivity index (χ0v) is 15.5. The van der Waals surface area contributed by atoms with Crippen molar-refractivity contribution >= 4 is 33.3 Å². The van der Waals surface area contributed by atoms with E-state index in [2.05, 4.69) is 32.0 Å². The van der Waals surface area contributed by atoms with E-state index in [0.29, 0.717) is 6.54 Å². The normalized spacial score (nSPS) is 11.3. The van der Waals surface area contributed by atoms with E-state index >= 15 is 0 Å². The number of benzene rings is 1. The van der Waals surface area contributed by atoms with Crippen LogP contribution >= 0.6 is 23.1 Å². The Morgan fingerprint density at radius 3 is 2.65 bits per heavy atom. The maximum Gasteiger partial charge on any atom is 0.263 e. The average molecular weight is 345 g/mol. The van der Waals surface area contributed by atoms with Crippen molar-refractivity contribution in [2.75, 3.05) is 0 Å². The Hall–Kier alpha value is -1.59. The van der Waals surface area contributed by atoms with Gasteiger partial charge >= 0.3 is 0 Å². The summed E-state index contributed by atoms with van der Waals surface area (Å²) in [6, 6.07) is 8.35.